The molecular weight excluding hydrogens is 401 g/mol. The summed E-state index contributed by atoms with van der Waals surface area (Å²) in [6, 6.07) is 10.4. The van der Waals surface area contributed by atoms with Gasteiger partial charge in [0, 0.05) is 29.2 Å². The zero-order valence-corrected chi connectivity index (χ0v) is 17.0. The normalized spacial score (nSPS) is 14.7. The molecule has 2 aromatic heterocycles. The van der Waals surface area contributed by atoms with Crippen LogP contribution in [0.2, 0.25) is 0 Å². The number of fused-ring (bicyclic) bond motifs is 1. The summed E-state index contributed by atoms with van der Waals surface area (Å²) in [5, 5.41) is 10.0. The van der Waals surface area contributed by atoms with Gasteiger partial charge in [-0.25, -0.2) is 19.3 Å². The van der Waals surface area contributed by atoms with Crippen molar-refractivity contribution in [1.29, 1.82) is 0 Å². The number of hydrogen-bond acceptors (Lipinski definition) is 7. The molecule has 1 fully saturated rings. The highest BCUT2D eigenvalue weighted by molar-refractivity contribution is 7.13. The van der Waals surface area contributed by atoms with Crippen molar-refractivity contribution in [1.82, 2.24) is 20.3 Å². The minimum Gasteiger partial charge on any atom is -0.490 e. The number of ether oxygens (including phenoxy) is 1. The quantitative estimate of drug-likeness (QED) is 0.484. The van der Waals surface area contributed by atoms with E-state index in [4.69, 9.17) is 4.74 Å². The molecule has 0 unspecified atom stereocenters. The predicted molar refractivity (Wildman–Crippen MR) is 117 cm³/mol. The lowest BCUT2D eigenvalue weighted by molar-refractivity contribution is 0.163. The number of rotatable bonds is 5. The highest BCUT2D eigenvalue weighted by atomic mass is 32.1. The van der Waals surface area contributed by atoms with Gasteiger partial charge in [0.15, 0.2) is 0 Å². The fourth-order valence-corrected chi connectivity index (χ4v) is 4.18. The van der Waals surface area contributed by atoms with Crippen LogP contribution in [0.15, 0.2) is 54.2 Å². The number of halogens is 1. The van der Waals surface area contributed by atoms with Gasteiger partial charge in [0.1, 0.15) is 22.7 Å². The molecule has 6 nitrogen and oxygen atoms in total. The molecule has 5 rings (SSSR count). The van der Waals surface area contributed by atoms with E-state index in [1.165, 1.54) is 6.07 Å². The van der Waals surface area contributed by atoms with Gasteiger partial charge in [0.05, 0.1) is 16.8 Å². The van der Waals surface area contributed by atoms with Crippen LogP contribution >= 0.6 is 11.3 Å². The molecule has 0 aliphatic carbocycles. The monoisotopic (exact) mass is 421 g/mol. The average molecular weight is 422 g/mol. The number of para-hydroxylation sites is 1. The minimum absolute atomic E-state index is 0.153. The first-order valence-electron chi connectivity index (χ1n) is 9.86. The van der Waals surface area contributed by atoms with Gasteiger partial charge >= 0.3 is 0 Å². The molecule has 0 atom stereocenters. The number of anilines is 2. The summed E-state index contributed by atoms with van der Waals surface area (Å²) >= 11 is 1.57. The zero-order valence-electron chi connectivity index (χ0n) is 16.1. The maximum atomic E-state index is 14.0. The highest BCUT2D eigenvalue weighted by Crippen LogP contribution is 2.36. The van der Waals surface area contributed by atoms with E-state index in [9.17, 15) is 4.39 Å². The Hall–Kier alpha value is -3.10. The first kappa shape index (κ1) is 18.9. The fourth-order valence-electron chi connectivity index (χ4n) is 3.52. The number of piperidine rings is 1. The topological polar surface area (TPSA) is 72.0 Å². The lowest BCUT2D eigenvalue weighted by Crippen LogP contribution is -2.34. The summed E-state index contributed by atoms with van der Waals surface area (Å²) in [6.45, 7) is 1.90. The molecule has 1 saturated heterocycles. The number of aromatic nitrogens is 3. The largest absolute Gasteiger partial charge is 0.490 e. The van der Waals surface area contributed by atoms with Crippen LogP contribution < -0.4 is 15.4 Å². The van der Waals surface area contributed by atoms with Gasteiger partial charge < -0.3 is 15.4 Å². The second-order valence-corrected chi connectivity index (χ2v) is 8.00. The van der Waals surface area contributed by atoms with Crippen LogP contribution in [0.1, 0.15) is 12.8 Å². The van der Waals surface area contributed by atoms with E-state index in [-0.39, 0.29) is 11.9 Å². The van der Waals surface area contributed by atoms with Crippen LogP contribution in [-0.2, 0) is 0 Å². The molecule has 30 heavy (non-hydrogen) atoms. The molecule has 0 amide bonds. The van der Waals surface area contributed by atoms with Gasteiger partial charge in [-0.15, -0.1) is 11.3 Å². The van der Waals surface area contributed by atoms with Crippen LogP contribution in [0.5, 0.6) is 5.75 Å². The second-order valence-electron chi connectivity index (χ2n) is 7.11. The predicted octanol–water partition coefficient (Wildman–Crippen LogP) is 4.77. The highest BCUT2D eigenvalue weighted by Gasteiger charge is 2.19. The molecule has 8 heteroatoms. The Kier molecular flexibility index (Phi) is 5.25. The molecular formula is C22H20FN5OS. The maximum absolute atomic E-state index is 14.0. The lowest BCUT2D eigenvalue weighted by atomic mass is 10.1. The molecule has 1 aliphatic heterocycles. The standard InChI is InChI=1S/C22H20FN5OS/c23-17-3-1-2-4-18(17)27-22-26-13-14-11-16(21-25-9-10-30-21)20(12-19(14)28-22)29-15-5-7-24-8-6-15/h1-4,9-13,15,24H,5-8H2,(H,26,27,28). The Labute approximate surface area is 177 Å². The van der Waals surface area contributed by atoms with Crippen molar-refractivity contribution in [3.63, 3.8) is 0 Å². The lowest BCUT2D eigenvalue weighted by Gasteiger charge is -2.25. The summed E-state index contributed by atoms with van der Waals surface area (Å²) in [5.74, 6) is 0.748. The summed E-state index contributed by atoms with van der Waals surface area (Å²) in [5.41, 5.74) is 2.00. The van der Waals surface area contributed by atoms with E-state index in [0.29, 0.717) is 11.6 Å². The molecule has 4 aromatic rings. The Morgan fingerprint density at radius 1 is 1.13 bits per heavy atom. The van der Waals surface area contributed by atoms with Crippen molar-refractivity contribution in [2.75, 3.05) is 18.4 Å². The number of hydrogen-bond donors (Lipinski definition) is 2. The van der Waals surface area contributed by atoms with E-state index < -0.39 is 0 Å². The van der Waals surface area contributed by atoms with Crippen LogP contribution in [0.3, 0.4) is 0 Å². The average Bonchev–Trinajstić information content (AvgIpc) is 3.30. The van der Waals surface area contributed by atoms with Crippen molar-refractivity contribution in [3.05, 3.63) is 60.0 Å². The van der Waals surface area contributed by atoms with E-state index in [1.54, 1.807) is 41.9 Å². The van der Waals surface area contributed by atoms with Crippen molar-refractivity contribution >= 4 is 33.9 Å². The van der Waals surface area contributed by atoms with Gasteiger partial charge in [-0.1, -0.05) is 12.1 Å². The fraction of sp³-hybridized carbons (Fsp3) is 0.227. The third-order valence-corrected chi connectivity index (χ3v) is 5.85. The Morgan fingerprint density at radius 2 is 2.00 bits per heavy atom. The summed E-state index contributed by atoms with van der Waals surface area (Å²) < 4.78 is 20.4. The number of nitrogens with zero attached hydrogens (tertiary/aromatic N) is 3. The van der Waals surface area contributed by atoms with Crippen LogP contribution in [0, 0.1) is 5.82 Å². The van der Waals surface area contributed by atoms with Crippen molar-refractivity contribution in [3.8, 4) is 16.3 Å². The Morgan fingerprint density at radius 3 is 2.80 bits per heavy atom. The molecule has 1 aliphatic rings. The van der Waals surface area contributed by atoms with E-state index >= 15 is 0 Å². The van der Waals surface area contributed by atoms with Gasteiger partial charge in [-0.2, -0.15) is 0 Å². The van der Waals surface area contributed by atoms with Gasteiger partial charge in [-0.05, 0) is 44.1 Å². The number of nitrogens with one attached hydrogen (secondary N) is 2. The smallest absolute Gasteiger partial charge is 0.227 e. The van der Waals surface area contributed by atoms with E-state index in [2.05, 4.69) is 25.6 Å². The Bertz CT molecular complexity index is 1160. The van der Waals surface area contributed by atoms with Gasteiger partial charge in [-0.3, -0.25) is 0 Å². The van der Waals surface area contributed by atoms with Gasteiger partial charge in [0.25, 0.3) is 0 Å². The van der Waals surface area contributed by atoms with Crippen molar-refractivity contribution in [2.45, 2.75) is 18.9 Å². The summed E-state index contributed by atoms with van der Waals surface area (Å²) in [6.07, 6.45) is 5.59. The van der Waals surface area contributed by atoms with Crippen molar-refractivity contribution in [2.24, 2.45) is 0 Å². The molecule has 2 N–H and O–H groups in total. The zero-order chi connectivity index (χ0) is 20.3. The molecule has 0 spiro atoms. The Balaban J connectivity index is 1.53. The minimum atomic E-state index is -0.352. The number of benzene rings is 2. The third-order valence-electron chi connectivity index (χ3n) is 5.04. The van der Waals surface area contributed by atoms with Crippen LogP contribution in [0.25, 0.3) is 21.5 Å². The molecule has 3 heterocycles. The summed E-state index contributed by atoms with van der Waals surface area (Å²) in [7, 11) is 0. The van der Waals surface area contributed by atoms with E-state index in [0.717, 1.165) is 53.2 Å². The first-order valence-corrected chi connectivity index (χ1v) is 10.7. The second kappa shape index (κ2) is 8.33. The summed E-state index contributed by atoms with van der Waals surface area (Å²) in [4.78, 5) is 13.4. The number of thiazole rings is 1. The first-order chi connectivity index (χ1) is 14.8. The van der Waals surface area contributed by atoms with Crippen LogP contribution in [0.4, 0.5) is 16.0 Å². The molecule has 152 valence electrons. The molecule has 0 saturated carbocycles. The van der Waals surface area contributed by atoms with Gasteiger partial charge in [0.2, 0.25) is 5.95 Å². The third kappa shape index (κ3) is 3.96. The van der Waals surface area contributed by atoms with Crippen LogP contribution in [-0.4, -0.2) is 34.1 Å². The van der Waals surface area contributed by atoms with E-state index in [1.807, 2.05) is 17.5 Å². The maximum Gasteiger partial charge on any atom is 0.227 e. The molecule has 0 bridgehead atoms. The molecule has 2 aromatic carbocycles. The molecule has 0 radical (unpaired) electrons. The van der Waals surface area contributed by atoms with Crippen molar-refractivity contribution < 1.29 is 9.13 Å². The SMILES string of the molecule is Fc1ccccc1Nc1ncc2cc(-c3nccs3)c(OC3CCNCC3)cc2n1.